The summed E-state index contributed by atoms with van der Waals surface area (Å²) in [4.78, 5) is 11.5. The first kappa shape index (κ1) is 11.5. The van der Waals surface area contributed by atoms with E-state index in [1.165, 1.54) is 0 Å². The first-order valence-corrected chi connectivity index (χ1v) is 5.17. The highest BCUT2D eigenvalue weighted by atomic mass is 16.5. The van der Waals surface area contributed by atoms with Crippen LogP contribution >= 0.6 is 0 Å². The van der Waals surface area contributed by atoms with Crippen LogP contribution in [0.3, 0.4) is 0 Å². The predicted octanol–water partition coefficient (Wildman–Crippen LogP) is 3.04. The summed E-state index contributed by atoms with van der Waals surface area (Å²) < 4.78 is 5.06. The third-order valence-electron chi connectivity index (χ3n) is 2.10. The van der Waals surface area contributed by atoms with Crippen molar-refractivity contribution in [3.8, 4) is 0 Å². The number of carbonyl (C=O) groups excluding carboxylic acids is 1. The van der Waals surface area contributed by atoms with E-state index >= 15 is 0 Å². The van der Waals surface area contributed by atoms with Crippen LogP contribution in [0.4, 0.5) is 0 Å². The van der Waals surface area contributed by atoms with Crippen LogP contribution in [0.5, 0.6) is 0 Å². The first-order valence-electron chi connectivity index (χ1n) is 5.17. The molecule has 0 heterocycles. The average Bonchev–Trinajstić information content (AvgIpc) is 2.29. The van der Waals surface area contributed by atoms with Gasteiger partial charge in [-0.3, -0.25) is 0 Å². The Balaban J connectivity index is 2.50. The van der Waals surface area contributed by atoms with Crippen molar-refractivity contribution in [3.05, 3.63) is 42.5 Å². The number of rotatable bonds is 5. The van der Waals surface area contributed by atoms with Crippen molar-refractivity contribution >= 4 is 11.5 Å². The zero-order valence-electron chi connectivity index (χ0n) is 9.03. The van der Waals surface area contributed by atoms with E-state index in [0.717, 1.165) is 18.4 Å². The molecule has 1 rings (SSSR count). The van der Waals surface area contributed by atoms with Crippen LogP contribution in [0.2, 0.25) is 0 Å². The van der Waals surface area contributed by atoms with Crippen LogP contribution in [-0.2, 0) is 9.53 Å². The van der Waals surface area contributed by atoms with Gasteiger partial charge in [-0.15, -0.1) is 0 Å². The second kappa shape index (κ2) is 6.02. The van der Waals surface area contributed by atoms with Gasteiger partial charge in [-0.05, 0) is 12.0 Å². The summed E-state index contributed by atoms with van der Waals surface area (Å²) in [5.41, 5.74) is 1.24. The zero-order chi connectivity index (χ0) is 11.1. The van der Waals surface area contributed by atoms with Crippen molar-refractivity contribution in [1.82, 2.24) is 0 Å². The molecule has 0 atom stereocenters. The van der Waals surface area contributed by atoms with Gasteiger partial charge >= 0.3 is 5.97 Å². The van der Waals surface area contributed by atoms with Crippen LogP contribution < -0.4 is 0 Å². The van der Waals surface area contributed by atoms with Crippen molar-refractivity contribution in [2.45, 2.75) is 19.8 Å². The molecule has 0 aliphatic carbocycles. The molecule has 2 nitrogen and oxygen atoms in total. The van der Waals surface area contributed by atoms with E-state index in [1.54, 1.807) is 0 Å². The number of benzene rings is 1. The first-order chi connectivity index (χ1) is 7.25. The van der Waals surface area contributed by atoms with Gasteiger partial charge in [0.1, 0.15) is 0 Å². The van der Waals surface area contributed by atoms with Gasteiger partial charge in [-0.2, -0.15) is 0 Å². The lowest BCUT2D eigenvalue weighted by molar-refractivity contribution is -0.136. The van der Waals surface area contributed by atoms with Gasteiger partial charge in [0.05, 0.1) is 12.2 Å². The Morgan fingerprint density at radius 1 is 1.33 bits per heavy atom. The normalized spacial score (nSPS) is 9.67. The summed E-state index contributed by atoms with van der Waals surface area (Å²) in [5, 5.41) is 0. The second-order valence-electron chi connectivity index (χ2n) is 3.33. The largest absolute Gasteiger partial charge is 0.462 e. The van der Waals surface area contributed by atoms with E-state index < -0.39 is 0 Å². The Bertz CT molecular complexity index is 328. The van der Waals surface area contributed by atoms with E-state index in [4.69, 9.17) is 4.74 Å². The minimum Gasteiger partial charge on any atom is -0.462 e. The fraction of sp³-hybridized carbons (Fsp3) is 0.308. The molecular weight excluding hydrogens is 188 g/mol. The number of unbranched alkanes of at least 4 members (excludes halogenated alkanes) is 1. The molecule has 0 aromatic heterocycles. The third-order valence-corrected chi connectivity index (χ3v) is 2.10. The highest BCUT2D eigenvalue weighted by molar-refractivity contribution is 6.15. The summed E-state index contributed by atoms with van der Waals surface area (Å²) >= 11 is 0. The lowest BCUT2D eigenvalue weighted by Gasteiger charge is -2.06. The SMILES string of the molecule is C=C(C(=O)OCCCC)c1ccccc1. The molecule has 0 saturated carbocycles. The monoisotopic (exact) mass is 204 g/mol. The van der Waals surface area contributed by atoms with Crippen LogP contribution in [0, 0.1) is 0 Å². The minimum absolute atomic E-state index is 0.324. The number of ether oxygens (including phenoxy) is 1. The Morgan fingerprint density at radius 2 is 2.00 bits per heavy atom. The number of hydrogen-bond acceptors (Lipinski definition) is 2. The molecule has 0 aliphatic rings. The standard InChI is InChI=1S/C13H16O2/c1-3-4-10-15-13(14)11(2)12-8-6-5-7-9-12/h5-9H,2-4,10H2,1H3. The molecule has 1 aromatic carbocycles. The molecule has 0 saturated heterocycles. The smallest absolute Gasteiger partial charge is 0.338 e. The number of esters is 1. The molecule has 0 N–H and O–H groups in total. The van der Waals surface area contributed by atoms with Crippen molar-refractivity contribution < 1.29 is 9.53 Å². The third kappa shape index (κ3) is 3.58. The lowest BCUT2D eigenvalue weighted by atomic mass is 10.1. The van der Waals surface area contributed by atoms with Gasteiger partial charge in [-0.25, -0.2) is 4.79 Å². The van der Waals surface area contributed by atoms with Crippen molar-refractivity contribution in [2.75, 3.05) is 6.61 Å². The van der Waals surface area contributed by atoms with Gasteiger partial charge < -0.3 is 4.74 Å². The molecule has 0 bridgehead atoms. The Kier molecular flexibility index (Phi) is 4.61. The van der Waals surface area contributed by atoms with E-state index in [2.05, 4.69) is 13.5 Å². The topological polar surface area (TPSA) is 26.3 Å². The number of hydrogen-bond donors (Lipinski definition) is 0. The molecule has 1 aromatic rings. The zero-order valence-corrected chi connectivity index (χ0v) is 9.03. The van der Waals surface area contributed by atoms with Crippen molar-refractivity contribution in [2.24, 2.45) is 0 Å². The molecule has 0 unspecified atom stereocenters. The second-order valence-corrected chi connectivity index (χ2v) is 3.33. The molecule has 2 heteroatoms. The fourth-order valence-corrected chi connectivity index (χ4v) is 1.15. The van der Waals surface area contributed by atoms with Gasteiger partial charge in [0.2, 0.25) is 0 Å². The molecule has 0 spiro atoms. The summed E-state index contributed by atoms with van der Waals surface area (Å²) in [6, 6.07) is 9.35. The Morgan fingerprint density at radius 3 is 2.60 bits per heavy atom. The number of carbonyl (C=O) groups is 1. The van der Waals surface area contributed by atoms with E-state index in [9.17, 15) is 4.79 Å². The molecule has 0 radical (unpaired) electrons. The van der Waals surface area contributed by atoms with Crippen LogP contribution in [0.25, 0.3) is 5.57 Å². The predicted molar refractivity (Wildman–Crippen MR) is 61.3 cm³/mol. The lowest BCUT2D eigenvalue weighted by Crippen LogP contribution is -2.07. The van der Waals surface area contributed by atoms with Gasteiger partial charge in [0.25, 0.3) is 0 Å². The fourth-order valence-electron chi connectivity index (χ4n) is 1.15. The van der Waals surface area contributed by atoms with Crippen LogP contribution in [0.15, 0.2) is 36.9 Å². The van der Waals surface area contributed by atoms with Crippen LogP contribution in [-0.4, -0.2) is 12.6 Å². The summed E-state index contributed by atoms with van der Waals surface area (Å²) in [7, 11) is 0. The average molecular weight is 204 g/mol. The molecular formula is C13H16O2. The maximum Gasteiger partial charge on any atom is 0.338 e. The van der Waals surface area contributed by atoms with Gasteiger partial charge in [-0.1, -0.05) is 50.3 Å². The highest BCUT2D eigenvalue weighted by Gasteiger charge is 2.09. The van der Waals surface area contributed by atoms with Gasteiger partial charge in [0, 0.05) is 0 Å². The summed E-state index contributed by atoms with van der Waals surface area (Å²) in [6.45, 7) is 6.26. The van der Waals surface area contributed by atoms with Crippen LogP contribution in [0.1, 0.15) is 25.3 Å². The Hall–Kier alpha value is -1.57. The molecule has 0 fully saturated rings. The molecule has 0 amide bonds. The maximum atomic E-state index is 11.5. The van der Waals surface area contributed by atoms with E-state index in [-0.39, 0.29) is 5.97 Å². The maximum absolute atomic E-state index is 11.5. The van der Waals surface area contributed by atoms with Crippen molar-refractivity contribution in [1.29, 1.82) is 0 Å². The van der Waals surface area contributed by atoms with Crippen molar-refractivity contribution in [3.63, 3.8) is 0 Å². The Labute approximate surface area is 90.6 Å². The van der Waals surface area contributed by atoms with Gasteiger partial charge in [0.15, 0.2) is 0 Å². The summed E-state index contributed by atoms with van der Waals surface area (Å²) in [5.74, 6) is -0.324. The minimum atomic E-state index is -0.324. The van der Waals surface area contributed by atoms with E-state index in [0.29, 0.717) is 12.2 Å². The molecule has 80 valence electrons. The molecule has 0 aliphatic heterocycles. The molecule has 15 heavy (non-hydrogen) atoms. The van der Waals surface area contributed by atoms with E-state index in [1.807, 2.05) is 30.3 Å². The highest BCUT2D eigenvalue weighted by Crippen LogP contribution is 2.13. The summed E-state index contributed by atoms with van der Waals surface area (Å²) in [6.07, 6.45) is 1.92. The quantitative estimate of drug-likeness (QED) is 0.418.